The van der Waals surface area contributed by atoms with E-state index >= 15 is 0 Å². The molecule has 0 saturated carbocycles. The van der Waals surface area contributed by atoms with Crippen LogP contribution in [0.15, 0.2) is 6.07 Å². The second kappa shape index (κ2) is 6.95. The smallest absolute Gasteiger partial charge is 0.0223 e. The van der Waals surface area contributed by atoms with Crippen molar-refractivity contribution in [2.24, 2.45) is 0 Å². The molecule has 0 unspecified atom stereocenters. The highest BCUT2D eigenvalue weighted by Gasteiger charge is 2.07. The minimum Gasteiger partial charge on any atom is -0.349 e. The van der Waals surface area contributed by atoms with Crippen molar-refractivity contribution >= 4 is 0 Å². The lowest BCUT2D eigenvalue weighted by Crippen LogP contribution is -2.33. The molecule has 1 aromatic heterocycles. The molecule has 1 heterocycles. The standard InChI is InChI=1S/C15H29N3/c1-7-18-13(4)10-15(14(18)5)11-16-8-9-17(6)12(2)3/h10,12,16H,7-9,11H2,1-6H3. The number of nitrogens with one attached hydrogen (secondary N) is 1. The third kappa shape index (κ3) is 3.85. The van der Waals surface area contributed by atoms with Gasteiger partial charge in [0.2, 0.25) is 0 Å². The quantitative estimate of drug-likeness (QED) is 0.752. The zero-order valence-corrected chi connectivity index (χ0v) is 12.9. The molecule has 3 heteroatoms. The van der Waals surface area contributed by atoms with E-state index in [0.29, 0.717) is 6.04 Å². The maximum Gasteiger partial charge on any atom is 0.0223 e. The van der Waals surface area contributed by atoms with Crippen LogP contribution >= 0.6 is 0 Å². The van der Waals surface area contributed by atoms with Crippen LogP contribution < -0.4 is 5.32 Å². The van der Waals surface area contributed by atoms with E-state index in [9.17, 15) is 0 Å². The molecule has 104 valence electrons. The Hall–Kier alpha value is -0.800. The zero-order chi connectivity index (χ0) is 13.7. The van der Waals surface area contributed by atoms with Crippen molar-refractivity contribution < 1.29 is 0 Å². The fourth-order valence-electron chi connectivity index (χ4n) is 2.27. The first kappa shape index (κ1) is 15.3. The minimum absolute atomic E-state index is 0.622. The zero-order valence-electron chi connectivity index (χ0n) is 12.9. The van der Waals surface area contributed by atoms with E-state index in [0.717, 1.165) is 26.2 Å². The van der Waals surface area contributed by atoms with Crippen molar-refractivity contribution in [1.29, 1.82) is 0 Å². The van der Waals surface area contributed by atoms with Crippen LogP contribution in [0.5, 0.6) is 0 Å². The molecule has 0 amide bonds. The van der Waals surface area contributed by atoms with Gasteiger partial charge in [0.05, 0.1) is 0 Å². The molecule has 0 aliphatic rings. The summed E-state index contributed by atoms with van der Waals surface area (Å²) in [7, 11) is 2.18. The van der Waals surface area contributed by atoms with Crippen LogP contribution in [-0.4, -0.2) is 35.6 Å². The molecule has 0 radical (unpaired) electrons. The van der Waals surface area contributed by atoms with Crippen LogP contribution in [0.3, 0.4) is 0 Å². The molecule has 0 aliphatic heterocycles. The molecule has 0 saturated heterocycles. The van der Waals surface area contributed by atoms with E-state index in [1.54, 1.807) is 0 Å². The van der Waals surface area contributed by atoms with E-state index in [-0.39, 0.29) is 0 Å². The number of hydrogen-bond acceptors (Lipinski definition) is 2. The van der Waals surface area contributed by atoms with Crippen LogP contribution in [0.25, 0.3) is 0 Å². The summed E-state index contributed by atoms with van der Waals surface area (Å²) in [4.78, 5) is 2.36. The fourth-order valence-corrected chi connectivity index (χ4v) is 2.27. The Morgan fingerprint density at radius 1 is 1.33 bits per heavy atom. The van der Waals surface area contributed by atoms with Gasteiger partial charge in [0.15, 0.2) is 0 Å². The number of aryl methyl sites for hydroxylation is 1. The fraction of sp³-hybridized carbons (Fsp3) is 0.733. The van der Waals surface area contributed by atoms with Gasteiger partial charge < -0.3 is 14.8 Å². The molecular formula is C15H29N3. The Balaban J connectivity index is 2.40. The Labute approximate surface area is 112 Å². The molecule has 1 rings (SSSR count). The first-order valence-corrected chi connectivity index (χ1v) is 7.03. The number of aromatic nitrogens is 1. The summed E-state index contributed by atoms with van der Waals surface area (Å²) in [6.07, 6.45) is 0. The average molecular weight is 251 g/mol. The molecular weight excluding hydrogens is 222 g/mol. The van der Waals surface area contributed by atoms with Crippen LogP contribution in [0, 0.1) is 13.8 Å². The second-order valence-corrected chi connectivity index (χ2v) is 5.39. The van der Waals surface area contributed by atoms with Crippen molar-refractivity contribution in [3.63, 3.8) is 0 Å². The van der Waals surface area contributed by atoms with E-state index in [2.05, 4.69) is 62.5 Å². The Morgan fingerprint density at radius 2 is 2.00 bits per heavy atom. The van der Waals surface area contributed by atoms with Crippen LogP contribution in [0.4, 0.5) is 0 Å². The highest BCUT2D eigenvalue weighted by molar-refractivity contribution is 5.26. The van der Waals surface area contributed by atoms with Crippen molar-refractivity contribution in [3.05, 3.63) is 23.0 Å². The molecule has 0 spiro atoms. The summed E-state index contributed by atoms with van der Waals surface area (Å²) >= 11 is 0. The van der Waals surface area contributed by atoms with Crippen LogP contribution in [-0.2, 0) is 13.1 Å². The van der Waals surface area contributed by atoms with Gasteiger partial charge in [-0.3, -0.25) is 0 Å². The maximum atomic E-state index is 3.54. The van der Waals surface area contributed by atoms with E-state index in [1.807, 2.05) is 0 Å². The molecule has 0 aromatic carbocycles. The number of likely N-dealkylation sites (N-methyl/N-ethyl adjacent to an activating group) is 1. The minimum atomic E-state index is 0.622. The van der Waals surface area contributed by atoms with Crippen LogP contribution in [0.1, 0.15) is 37.7 Å². The number of nitrogens with zero attached hydrogens (tertiary/aromatic N) is 2. The lowest BCUT2D eigenvalue weighted by molar-refractivity contribution is 0.273. The van der Waals surface area contributed by atoms with Gasteiger partial charge in [-0.05, 0) is 53.3 Å². The highest BCUT2D eigenvalue weighted by Crippen LogP contribution is 2.14. The van der Waals surface area contributed by atoms with Gasteiger partial charge in [0.25, 0.3) is 0 Å². The Kier molecular flexibility index (Phi) is 5.89. The van der Waals surface area contributed by atoms with Gasteiger partial charge in [-0.25, -0.2) is 0 Å². The summed E-state index contributed by atoms with van der Waals surface area (Å²) in [6, 6.07) is 2.93. The second-order valence-electron chi connectivity index (χ2n) is 5.39. The Morgan fingerprint density at radius 3 is 2.50 bits per heavy atom. The van der Waals surface area contributed by atoms with Gasteiger partial charge in [-0.1, -0.05) is 0 Å². The summed E-state index contributed by atoms with van der Waals surface area (Å²) in [5.41, 5.74) is 4.20. The normalized spacial score (nSPS) is 11.8. The molecule has 0 atom stereocenters. The summed E-state index contributed by atoms with van der Waals surface area (Å²) in [5, 5.41) is 3.54. The lowest BCUT2D eigenvalue weighted by atomic mass is 10.2. The monoisotopic (exact) mass is 251 g/mol. The van der Waals surface area contributed by atoms with Gasteiger partial charge in [0.1, 0.15) is 0 Å². The molecule has 1 aromatic rings. The summed E-state index contributed by atoms with van der Waals surface area (Å²) < 4.78 is 2.37. The van der Waals surface area contributed by atoms with Crippen molar-refractivity contribution in [2.45, 2.75) is 53.8 Å². The third-order valence-electron chi connectivity index (χ3n) is 3.83. The predicted molar refractivity (Wildman–Crippen MR) is 79.1 cm³/mol. The van der Waals surface area contributed by atoms with Crippen molar-refractivity contribution in [2.75, 3.05) is 20.1 Å². The lowest BCUT2D eigenvalue weighted by Gasteiger charge is -2.20. The molecule has 0 aliphatic carbocycles. The van der Waals surface area contributed by atoms with Gasteiger partial charge in [-0.2, -0.15) is 0 Å². The highest BCUT2D eigenvalue weighted by atomic mass is 15.1. The first-order chi connectivity index (χ1) is 8.47. The van der Waals surface area contributed by atoms with E-state index in [4.69, 9.17) is 0 Å². The molecule has 3 nitrogen and oxygen atoms in total. The Bertz CT molecular complexity index is 366. The van der Waals surface area contributed by atoms with Gasteiger partial charge in [0, 0.05) is 43.6 Å². The molecule has 18 heavy (non-hydrogen) atoms. The summed E-state index contributed by atoms with van der Waals surface area (Å²) in [6.45, 7) is 15.3. The predicted octanol–water partition coefficient (Wildman–Crippen LogP) is 2.55. The summed E-state index contributed by atoms with van der Waals surface area (Å²) in [5.74, 6) is 0. The topological polar surface area (TPSA) is 20.2 Å². The SMILES string of the molecule is CCn1c(C)cc(CNCCN(C)C(C)C)c1C. The molecule has 0 fully saturated rings. The number of rotatable bonds is 7. The number of hydrogen-bond donors (Lipinski definition) is 1. The third-order valence-corrected chi connectivity index (χ3v) is 3.83. The molecule has 1 N–H and O–H groups in total. The van der Waals surface area contributed by atoms with Gasteiger partial charge in [-0.15, -0.1) is 0 Å². The molecule has 0 bridgehead atoms. The van der Waals surface area contributed by atoms with E-state index in [1.165, 1.54) is 17.0 Å². The average Bonchev–Trinajstić information content (AvgIpc) is 2.59. The first-order valence-electron chi connectivity index (χ1n) is 7.03. The van der Waals surface area contributed by atoms with Crippen molar-refractivity contribution in [1.82, 2.24) is 14.8 Å². The van der Waals surface area contributed by atoms with Crippen molar-refractivity contribution in [3.8, 4) is 0 Å². The van der Waals surface area contributed by atoms with Crippen LogP contribution in [0.2, 0.25) is 0 Å². The van der Waals surface area contributed by atoms with Gasteiger partial charge >= 0.3 is 0 Å². The maximum absolute atomic E-state index is 3.54. The van der Waals surface area contributed by atoms with E-state index < -0.39 is 0 Å². The largest absolute Gasteiger partial charge is 0.349 e.